The highest BCUT2D eigenvalue weighted by Crippen LogP contribution is 2.35. The second kappa shape index (κ2) is 20.8. The van der Waals surface area contributed by atoms with E-state index in [1.165, 1.54) is 81.9 Å². The summed E-state index contributed by atoms with van der Waals surface area (Å²) in [5, 5.41) is 9.49. The number of hydrogen-bond donors (Lipinski definition) is 3. The summed E-state index contributed by atoms with van der Waals surface area (Å²) in [5.41, 5.74) is 9.71. The number of amides is 1. The highest BCUT2D eigenvalue weighted by atomic mass is 19.1. The number of alkyl halides is 1. The maximum atomic E-state index is 14.5. The Morgan fingerprint density at radius 1 is 1.00 bits per heavy atom. The molecule has 0 radical (unpaired) electrons. The minimum absolute atomic E-state index is 0.159. The van der Waals surface area contributed by atoms with Gasteiger partial charge < -0.3 is 26.0 Å². The monoisotopic (exact) mass is 692 g/mol. The highest BCUT2D eigenvalue weighted by Gasteiger charge is 2.61. The van der Waals surface area contributed by atoms with Gasteiger partial charge >= 0.3 is 5.97 Å². The Labute approximate surface area is 291 Å². The topological polar surface area (TPSA) is 182 Å². The second-order valence-corrected chi connectivity index (χ2v) is 13.9. The first-order chi connectivity index (χ1) is 23.6. The molecule has 5 N–H and O–H groups in total. The van der Waals surface area contributed by atoms with Crippen LogP contribution in [0.3, 0.4) is 0 Å². The number of aliphatic imine (C=N–C) groups is 3. The molecule has 0 aromatic carbocycles. The number of Topliss-reactive ketones (excluding diaryl/α,β-unsaturated/α-hetero) is 1. The van der Waals surface area contributed by atoms with Crippen LogP contribution in [0.15, 0.2) is 15.0 Å². The number of rotatable bonds is 25. The maximum Gasteiger partial charge on any atom is 0.323 e. The third-order valence-electron chi connectivity index (χ3n) is 10.1. The summed E-state index contributed by atoms with van der Waals surface area (Å²) in [6.45, 7) is 5.42. The zero-order chi connectivity index (χ0) is 35.8. The molecular formula is C36H61FN6O6. The molecule has 0 aromatic heterocycles. The Balaban J connectivity index is 1.56. The van der Waals surface area contributed by atoms with Gasteiger partial charge in [0.2, 0.25) is 11.7 Å². The normalized spacial score (nSPS) is 25.1. The Morgan fingerprint density at radius 3 is 2.06 bits per heavy atom. The van der Waals surface area contributed by atoms with Crippen LogP contribution in [0.25, 0.3) is 0 Å². The molecular weight excluding hydrogens is 631 g/mol. The maximum absolute atomic E-state index is 14.5. The molecule has 3 aliphatic rings. The minimum Gasteiger partial charge on any atom is -0.453 e. The van der Waals surface area contributed by atoms with Gasteiger partial charge in [-0.15, -0.1) is 0 Å². The van der Waals surface area contributed by atoms with E-state index in [1.807, 2.05) is 13.8 Å². The number of ether oxygens (including phenoxy) is 2. The van der Waals surface area contributed by atoms with E-state index >= 15 is 0 Å². The molecule has 0 aliphatic carbocycles. The van der Waals surface area contributed by atoms with Crippen LogP contribution in [0.5, 0.6) is 0 Å². The third-order valence-corrected chi connectivity index (χ3v) is 10.1. The van der Waals surface area contributed by atoms with E-state index in [0.29, 0.717) is 12.8 Å². The first kappa shape index (κ1) is 40.7. The van der Waals surface area contributed by atoms with Crippen molar-refractivity contribution in [2.75, 3.05) is 6.61 Å². The van der Waals surface area contributed by atoms with Crippen LogP contribution in [0, 0.1) is 5.92 Å². The number of guanidine groups is 1. The van der Waals surface area contributed by atoms with Gasteiger partial charge in [-0.1, -0.05) is 124 Å². The number of halogens is 1. The van der Waals surface area contributed by atoms with Crippen LogP contribution in [-0.2, 0) is 23.9 Å². The molecule has 3 rings (SSSR count). The smallest absolute Gasteiger partial charge is 0.323 e. The number of ketones is 1. The molecule has 1 fully saturated rings. The van der Waals surface area contributed by atoms with Gasteiger partial charge in [-0.05, 0) is 18.8 Å². The van der Waals surface area contributed by atoms with Gasteiger partial charge in [0.05, 0.1) is 12.9 Å². The van der Waals surface area contributed by atoms with E-state index in [9.17, 15) is 23.9 Å². The number of hydrogen-bond acceptors (Lipinski definition) is 11. The number of carbonyl (C=O) groups is 3. The molecule has 0 saturated carbocycles. The van der Waals surface area contributed by atoms with Gasteiger partial charge in [0.15, 0.2) is 11.9 Å². The van der Waals surface area contributed by atoms with Crippen molar-refractivity contribution in [1.82, 2.24) is 4.90 Å². The Kier molecular flexibility index (Phi) is 17.3. The minimum atomic E-state index is -2.27. The van der Waals surface area contributed by atoms with Crippen LogP contribution in [0.4, 0.5) is 4.39 Å². The summed E-state index contributed by atoms with van der Waals surface area (Å²) in [4.78, 5) is 54.4. The van der Waals surface area contributed by atoms with Crippen molar-refractivity contribution in [3.05, 3.63) is 0 Å². The number of nitrogens with zero attached hydrogens (tertiary/aromatic N) is 4. The van der Waals surface area contributed by atoms with Crippen LogP contribution >= 0.6 is 0 Å². The predicted molar refractivity (Wildman–Crippen MR) is 189 cm³/mol. The average Bonchev–Trinajstić information content (AvgIpc) is 3.66. The lowest BCUT2D eigenvalue weighted by Crippen LogP contribution is -2.60. The first-order valence-electron chi connectivity index (χ1n) is 18.8. The van der Waals surface area contributed by atoms with Crippen LogP contribution in [0.1, 0.15) is 143 Å². The van der Waals surface area contributed by atoms with Crippen LogP contribution in [0.2, 0.25) is 0 Å². The van der Waals surface area contributed by atoms with E-state index < -0.39 is 66.4 Å². The number of unbranched alkanes of at least 4 members (excludes halogenated alkanes) is 15. The molecule has 3 unspecified atom stereocenters. The van der Waals surface area contributed by atoms with Crippen molar-refractivity contribution >= 4 is 35.8 Å². The lowest BCUT2D eigenvalue weighted by Gasteiger charge is -2.32. The van der Waals surface area contributed by atoms with Crippen molar-refractivity contribution in [3.63, 3.8) is 0 Å². The summed E-state index contributed by atoms with van der Waals surface area (Å²) in [5.74, 6) is -3.31. The quantitative estimate of drug-likeness (QED) is 0.0652. The van der Waals surface area contributed by atoms with Gasteiger partial charge in [0, 0.05) is 6.42 Å². The summed E-state index contributed by atoms with van der Waals surface area (Å²) >= 11 is 0. The molecule has 49 heavy (non-hydrogen) atoms. The van der Waals surface area contributed by atoms with Gasteiger partial charge in [0.1, 0.15) is 24.5 Å². The molecule has 1 amide bonds. The number of aliphatic hydroxyl groups is 1. The molecule has 13 heteroatoms. The SMILES string of the molecule is CCCCCCCCCCCCCCCCCCC(OC(=O)[C@@H](N)[C@@H](C)CC)C(=O)C12N=CN([C@H]3CC(F)[C@@H](CO)O3)C1=NC(N)=NC2=O. The zero-order valence-corrected chi connectivity index (χ0v) is 30.0. The number of fused-ring (bicyclic) bond motifs is 1. The van der Waals surface area contributed by atoms with Crippen molar-refractivity contribution in [2.45, 2.75) is 179 Å². The van der Waals surface area contributed by atoms with Crippen LogP contribution in [-0.4, -0.2) is 88.6 Å². The molecule has 3 aliphatic heterocycles. The van der Waals surface area contributed by atoms with Gasteiger partial charge in [-0.2, -0.15) is 9.98 Å². The van der Waals surface area contributed by atoms with E-state index in [-0.39, 0.29) is 24.6 Å². The van der Waals surface area contributed by atoms with Gasteiger partial charge in [0.25, 0.3) is 11.4 Å². The fraction of sp³-hybridized carbons (Fsp3) is 0.833. The predicted octanol–water partition coefficient (Wildman–Crippen LogP) is 5.27. The highest BCUT2D eigenvalue weighted by molar-refractivity contribution is 6.38. The van der Waals surface area contributed by atoms with E-state index in [1.54, 1.807) is 0 Å². The van der Waals surface area contributed by atoms with Crippen LogP contribution < -0.4 is 11.5 Å². The fourth-order valence-electron chi connectivity index (χ4n) is 6.63. The van der Waals surface area contributed by atoms with Gasteiger partial charge in [-0.3, -0.25) is 19.3 Å². The molecule has 0 bridgehead atoms. The van der Waals surface area contributed by atoms with E-state index in [2.05, 4.69) is 21.9 Å². The first-order valence-corrected chi connectivity index (χ1v) is 18.8. The molecule has 12 nitrogen and oxygen atoms in total. The largest absolute Gasteiger partial charge is 0.453 e. The number of esters is 1. The standard InChI is InChI=1S/C36H61FN6O6/c1-4-6-7-8-9-10-11-12-13-14-15-16-17-18-19-20-21-27(49-32(46)30(38)25(3)5-2)31(45)36-33(41-35(39)42-34(36)47)43(24-40-36)29-22-26(37)28(23-44)48-29/h24-30,44H,4-23,38H2,1-3H3,(H2,39,42,47)/t25-,26?,27?,28+,29+,30-,36?/m0/s1. The Hall–Kier alpha value is -2.77. The summed E-state index contributed by atoms with van der Waals surface area (Å²) in [6.07, 6.45) is 16.0. The zero-order valence-electron chi connectivity index (χ0n) is 30.0. The van der Waals surface area contributed by atoms with E-state index in [4.69, 9.17) is 20.9 Å². The molecule has 278 valence electrons. The number of aliphatic hydroxyl groups excluding tert-OH is 1. The molecule has 1 saturated heterocycles. The number of amidine groups is 1. The average molecular weight is 693 g/mol. The Bertz CT molecular complexity index is 1170. The van der Waals surface area contributed by atoms with E-state index in [0.717, 1.165) is 25.7 Å². The molecule has 3 heterocycles. The third kappa shape index (κ3) is 11.1. The fourth-order valence-corrected chi connectivity index (χ4v) is 6.63. The summed E-state index contributed by atoms with van der Waals surface area (Å²) in [6, 6.07) is -0.958. The van der Waals surface area contributed by atoms with Crippen molar-refractivity contribution in [1.29, 1.82) is 0 Å². The lowest BCUT2D eigenvalue weighted by molar-refractivity contribution is -0.159. The van der Waals surface area contributed by atoms with Gasteiger partial charge in [-0.25, -0.2) is 9.38 Å². The molecule has 0 aromatic rings. The van der Waals surface area contributed by atoms with Crippen molar-refractivity contribution in [2.24, 2.45) is 32.4 Å². The molecule has 0 spiro atoms. The van der Waals surface area contributed by atoms with Crippen molar-refractivity contribution in [3.8, 4) is 0 Å². The molecule has 7 atom stereocenters. The number of carbonyl (C=O) groups excluding carboxylic acids is 3. The number of nitrogens with two attached hydrogens (primary N) is 2. The Morgan fingerprint density at radius 2 is 1.55 bits per heavy atom. The summed E-state index contributed by atoms with van der Waals surface area (Å²) in [7, 11) is 0. The second-order valence-electron chi connectivity index (χ2n) is 13.9. The summed E-state index contributed by atoms with van der Waals surface area (Å²) < 4.78 is 25.9. The van der Waals surface area contributed by atoms with Crippen molar-refractivity contribution < 1.29 is 33.4 Å². The lowest BCUT2D eigenvalue weighted by atomic mass is 9.86.